The van der Waals surface area contributed by atoms with Crippen molar-refractivity contribution in [3.8, 4) is 11.5 Å². The zero-order chi connectivity index (χ0) is 15.4. The van der Waals surface area contributed by atoms with Crippen LogP contribution >= 0.6 is 0 Å². The molecule has 0 radical (unpaired) electrons. The molecule has 0 fully saturated rings. The predicted molar refractivity (Wildman–Crippen MR) is 82.9 cm³/mol. The van der Waals surface area contributed by atoms with Gasteiger partial charge in [-0.2, -0.15) is 0 Å². The molecular formula is C16H18N2O3. The molecule has 0 aromatic heterocycles. The first-order valence-electron chi connectivity index (χ1n) is 6.63. The number of rotatable bonds is 4. The summed E-state index contributed by atoms with van der Waals surface area (Å²) in [7, 11) is 1.63. The number of carbonyl (C=O) groups is 1. The summed E-state index contributed by atoms with van der Waals surface area (Å²) in [4.78, 5) is 14.1. The van der Waals surface area contributed by atoms with Gasteiger partial charge in [0.05, 0.1) is 17.9 Å². The van der Waals surface area contributed by atoms with Gasteiger partial charge in [-0.1, -0.05) is 12.1 Å². The molecule has 3 N–H and O–H groups in total. The van der Waals surface area contributed by atoms with Gasteiger partial charge in [-0.3, -0.25) is 4.79 Å². The van der Waals surface area contributed by atoms with Crippen molar-refractivity contribution in [3.63, 3.8) is 0 Å². The van der Waals surface area contributed by atoms with Gasteiger partial charge < -0.3 is 20.5 Å². The number of aromatic hydroxyl groups is 1. The minimum Gasteiger partial charge on any atom is -0.508 e. The number of hydrogen-bond donors (Lipinski definition) is 2. The third-order valence-electron chi connectivity index (χ3n) is 3.09. The van der Waals surface area contributed by atoms with Crippen molar-refractivity contribution >= 4 is 17.3 Å². The zero-order valence-corrected chi connectivity index (χ0v) is 12.0. The van der Waals surface area contributed by atoms with Crippen molar-refractivity contribution in [1.82, 2.24) is 0 Å². The summed E-state index contributed by atoms with van der Waals surface area (Å²) in [6.45, 7) is 2.25. The molecule has 0 unspecified atom stereocenters. The van der Waals surface area contributed by atoms with Gasteiger partial charge in [0.2, 0.25) is 0 Å². The highest BCUT2D eigenvalue weighted by Crippen LogP contribution is 2.29. The summed E-state index contributed by atoms with van der Waals surface area (Å²) in [6.07, 6.45) is 0. The van der Waals surface area contributed by atoms with Gasteiger partial charge in [0, 0.05) is 18.8 Å². The largest absolute Gasteiger partial charge is 0.508 e. The van der Waals surface area contributed by atoms with Gasteiger partial charge >= 0.3 is 0 Å². The third kappa shape index (κ3) is 3.08. The van der Waals surface area contributed by atoms with E-state index in [0.29, 0.717) is 29.3 Å². The molecule has 110 valence electrons. The van der Waals surface area contributed by atoms with Crippen molar-refractivity contribution in [1.29, 1.82) is 0 Å². The topological polar surface area (TPSA) is 75.8 Å². The fraction of sp³-hybridized carbons (Fsp3) is 0.188. The minimum atomic E-state index is -0.253. The number of benzene rings is 2. The average molecular weight is 286 g/mol. The molecule has 0 atom stereocenters. The van der Waals surface area contributed by atoms with Crippen molar-refractivity contribution in [2.24, 2.45) is 0 Å². The van der Waals surface area contributed by atoms with E-state index in [1.165, 1.54) is 11.0 Å². The fourth-order valence-corrected chi connectivity index (χ4v) is 2.03. The smallest absolute Gasteiger partial charge is 0.261 e. The average Bonchev–Trinajstić information content (AvgIpc) is 2.48. The van der Waals surface area contributed by atoms with Gasteiger partial charge in [0.1, 0.15) is 5.75 Å². The standard InChI is InChI=1S/C16H18N2O3/c1-3-21-15-13(8-5-9-14(15)17)16(20)18(2)11-6-4-7-12(19)10-11/h4-10,19H,3,17H2,1-2H3. The van der Waals surface area contributed by atoms with Crippen LogP contribution in [0.2, 0.25) is 0 Å². The molecule has 1 amide bonds. The highest BCUT2D eigenvalue weighted by Gasteiger charge is 2.19. The normalized spacial score (nSPS) is 10.2. The lowest BCUT2D eigenvalue weighted by Crippen LogP contribution is -2.27. The second-order valence-corrected chi connectivity index (χ2v) is 4.54. The highest BCUT2D eigenvalue weighted by molar-refractivity contribution is 6.08. The van der Waals surface area contributed by atoms with Gasteiger partial charge in [-0.25, -0.2) is 0 Å². The van der Waals surface area contributed by atoms with Crippen LogP contribution in [0.3, 0.4) is 0 Å². The molecule has 2 aromatic carbocycles. The molecule has 21 heavy (non-hydrogen) atoms. The number of nitrogens with two attached hydrogens (primary N) is 1. The first-order valence-corrected chi connectivity index (χ1v) is 6.63. The molecule has 0 aliphatic rings. The van der Waals surface area contributed by atoms with Crippen LogP contribution in [0.4, 0.5) is 11.4 Å². The van der Waals surface area contributed by atoms with E-state index in [-0.39, 0.29) is 11.7 Å². The van der Waals surface area contributed by atoms with Crippen molar-refractivity contribution in [2.45, 2.75) is 6.92 Å². The third-order valence-corrected chi connectivity index (χ3v) is 3.09. The van der Waals surface area contributed by atoms with E-state index in [9.17, 15) is 9.90 Å². The van der Waals surface area contributed by atoms with E-state index in [4.69, 9.17) is 10.5 Å². The molecule has 0 aliphatic heterocycles. The Bertz CT molecular complexity index is 656. The Hall–Kier alpha value is -2.69. The number of phenolic OH excluding ortho intramolecular Hbond substituents is 1. The molecule has 2 aromatic rings. The fourth-order valence-electron chi connectivity index (χ4n) is 2.03. The van der Waals surface area contributed by atoms with Gasteiger partial charge in [-0.15, -0.1) is 0 Å². The summed E-state index contributed by atoms with van der Waals surface area (Å²) >= 11 is 0. The summed E-state index contributed by atoms with van der Waals surface area (Å²) in [5.41, 5.74) is 7.27. The maximum Gasteiger partial charge on any atom is 0.261 e. The lowest BCUT2D eigenvalue weighted by Gasteiger charge is -2.20. The number of para-hydroxylation sites is 1. The molecule has 0 heterocycles. The first kappa shape index (κ1) is 14.7. The molecule has 5 nitrogen and oxygen atoms in total. The Morgan fingerprint density at radius 2 is 2.00 bits per heavy atom. The lowest BCUT2D eigenvalue weighted by molar-refractivity contribution is 0.0989. The van der Waals surface area contributed by atoms with Crippen molar-refractivity contribution in [3.05, 3.63) is 48.0 Å². The van der Waals surface area contributed by atoms with E-state index < -0.39 is 0 Å². The molecule has 0 spiro atoms. The maximum absolute atomic E-state index is 12.6. The predicted octanol–water partition coefficient (Wildman–Crippen LogP) is 2.65. The zero-order valence-electron chi connectivity index (χ0n) is 12.0. The van der Waals surface area contributed by atoms with E-state index in [0.717, 1.165) is 0 Å². The molecule has 5 heteroatoms. The van der Waals surface area contributed by atoms with Crippen LogP contribution in [0, 0.1) is 0 Å². The number of nitrogens with zero attached hydrogens (tertiary/aromatic N) is 1. The maximum atomic E-state index is 12.6. The SMILES string of the molecule is CCOc1c(N)cccc1C(=O)N(C)c1cccc(O)c1. The summed E-state index contributed by atoms with van der Waals surface area (Å²) < 4.78 is 5.48. The Morgan fingerprint density at radius 1 is 1.29 bits per heavy atom. The van der Waals surface area contributed by atoms with Crippen LogP contribution in [0.1, 0.15) is 17.3 Å². The van der Waals surface area contributed by atoms with E-state index in [2.05, 4.69) is 0 Å². The molecule has 0 saturated carbocycles. The lowest BCUT2D eigenvalue weighted by atomic mass is 10.1. The van der Waals surface area contributed by atoms with Crippen LogP contribution < -0.4 is 15.4 Å². The van der Waals surface area contributed by atoms with Gasteiger partial charge in [0.15, 0.2) is 5.75 Å². The number of anilines is 2. The second-order valence-electron chi connectivity index (χ2n) is 4.54. The van der Waals surface area contributed by atoms with Gasteiger partial charge in [0.25, 0.3) is 5.91 Å². The van der Waals surface area contributed by atoms with Crippen LogP contribution in [0.15, 0.2) is 42.5 Å². The number of hydrogen-bond acceptors (Lipinski definition) is 4. The Balaban J connectivity index is 2.38. The van der Waals surface area contributed by atoms with E-state index in [1.807, 2.05) is 6.92 Å². The van der Waals surface area contributed by atoms with Crippen molar-refractivity contribution < 1.29 is 14.6 Å². The first-order chi connectivity index (χ1) is 10.0. The van der Waals surface area contributed by atoms with Crippen molar-refractivity contribution in [2.75, 3.05) is 24.3 Å². The minimum absolute atomic E-state index is 0.102. The Kier molecular flexibility index (Phi) is 4.33. The number of nitrogen functional groups attached to an aromatic ring is 1. The summed E-state index contributed by atoms with van der Waals surface area (Å²) in [5.74, 6) is 0.234. The van der Waals surface area contributed by atoms with Gasteiger partial charge in [-0.05, 0) is 31.2 Å². The van der Waals surface area contributed by atoms with E-state index in [1.54, 1.807) is 43.4 Å². The number of carbonyl (C=O) groups excluding carboxylic acids is 1. The second kappa shape index (κ2) is 6.17. The number of phenols is 1. The quantitative estimate of drug-likeness (QED) is 0.847. The van der Waals surface area contributed by atoms with E-state index >= 15 is 0 Å². The molecule has 0 aliphatic carbocycles. The van der Waals surface area contributed by atoms with Crippen LogP contribution in [0.5, 0.6) is 11.5 Å². The molecule has 2 rings (SSSR count). The Morgan fingerprint density at radius 3 is 2.67 bits per heavy atom. The van der Waals surface area contributed by atoms with Crippen LogP contribution in [-0.2, 0) is 0 Å². The number of amides is 1. The highest BCUT2D eigenvalue weighted by atomic mass is 16.5. The number of ether oxygens (including phenoxy) is 1. The molecule has 0 saturated heterocycles. The summed E-state index contributed by atoms with van der Waals surface area (Å²) in [5, 5.41) is 9.51. The van der Waals surface area contributed by atoms with Crippen LogP contribution in [-0.4, -0.2) is 24.7 Å². The van der Waals surface area contributed by atoms with Crippen LogP contribution in [0.25, 0.3) is 0 Å². The molecular weight excluding hydrogens is 268 g/mol. The Labute approximate surface area is 123 Å². The molecule has 0 bridgehead atoms. The summed E-state index contributed by atoms with van der Waals surface area (Å²) in [6, 6.07) is 11.6. The monoisotopic (exact) mass is 286 g/mol.